The number of carbonyl (C=O) groups excluding carboxylic acids is 1. The predicted molar refractivity (Wildman–Crippen MR) is 55.8 cm³/mol. The number of aromatic carboxylic acids is 1. The normalized spacial score (nSPS) is 10.7. The van der Waals surface area contributed by atoms with Crippen LogP contribution in [-0.2, 0) is 0 Å². The number of amides is 1. The van der Waals surface area contributed by atoms with Crippen LogP contribution in [0.2, 0.25) is 0 Å². The number of benzene rings is 1. The van der Waals surface area contributed by atoms with Gasteiger partial charge in [-0.3, -0.25) is 4.79 Å². The van der Waals surface area contributed by atoms with Crippen molar-refractivity contribution in [2.75, 3.05) is 0 Å². The molecule has 0 spiro atoms. The van der Waals surface area contributed by atoms with Gasteiger partial charge in [0.25, 0.3) is 5.91 Å². The molecule has 0 saturated carbocycles. The summed E-state index contributed by atoms with van der Waals surface area (Å²) in [5, 5.41) is 10.8. The van der Waals surface area contributed by atoms with E-state index in [4.69, 9.17) is 5.11 Å². The van der Waals surface area contributed by atoms with Crippen molar-refractivity contribution in [2.45, 2.75) is 19.9 Å². The summed E-state index contributed by atoms with van der Waals surface area (Å²) in [4.78, 5) is 22.3. The number of halogens is 4. The van der Waals surface area contributed by atoms with Crippen molar-refractivity contribution in [1.82, 2.24) is 5.32 Å². The highest BCUT2D eigenvalue weighted by Crippen LogP contribution is 2.24. The van der Waals surface area contributed by atoms with Gasteiger partial charge in [-0.2, -0.15) is 0 Å². The van der Waals surface area contributed by atoms with E-state index in [0.717, 1.165) is 0 Å². The minimum absolute atomic E-state index is 0.537. The number of carboxylic acid groups (broad SMARTS) is 1. The molecule has 1 aromatic carbocycles. The summed E-state index contributed by atoms with van der Waals surface area (Å²) in [6.45, 7) is 2.93. The molecule has 0 aliphatic rings. The molecule has 0 fully saturated rings. The highest BCUT2D eigenvalue weighted by Gasteiger charge is 2.32. The lowest BCUT2D eigenvalue weighted by atomic mass is 10.0. The third-order valence-electron chi connectivity index (χ3n) is 2.13. The van der Waals surface area contributed by atoms with Crippen molar-refractivity contribution in [3.05, 3.63) is 34.4 Å². The maximum atomic E-state index is 13.5. The molecule has 2 N–H and O–H groups in total. The maximum Gasteiger partial charge on any atom is 0.339 e. The zero-order valence-corrected chi connectivity index (χ0v) is 9.85. The fraction of sp³-hybridized carbons (Fsp3) is 0.273. The summed E-state index contributed by atoms with van der Waals surface area (Å²) in [7, 11) is 0. The van der Waals surface area contributed by atoms with Crippen LogP contribution >= 0.6 is 0 Å². The second-order valence-electron chi connectivity index (χ2n) is 3.94. The molecule has 0 bridgehead atoms. The number of hydrogen-bond donors (Lipinski definition) is 2. The molecular weight excluding hydrogens is 270 g/mol. The van der Waals surface area contributed by atoms with E-state index in [0.29, 0.717) is 0 Å². The minimum Gasteiger partial charge on any atom is -0.478 e. The standard InChI is InChI=1S/C11H9F4NO3/c1-3(2)16-10(17)4-5(11(18)19)7(13)9(15)8(14)6(4)12/h3H,1-2H3,(H,16,17)(H,18,19). The molecule has 4 nitrogen and oxygen atoms in total. The molecule has 0 aliphatic carbocycles. The summed E-state index contributed by atoms with van der Waals surface area (Å²) in [5.74, 6) is -12.1. The number of hydrogen-bond acceptors (Lipinski definition) is 2. The van der Waals surface area contributed by atoms with E-state index < -0.39 is 52.3 Å². The Morgan fingerprint density at radius 3 is 1.74 bits per heavy atom. The second kappa shape index (κ2) is 5.25. The Morgan fingerprint density at radius 1 is 0.947 bits per heavy atom. The molecule has 0 radical (unpaired) electrons. The highest BCUT2D eigenvalue weighted by molar-refractivity contribution is 6.05. The average molecular weight is 279 g/mol. The lowest BCUT2D eigenvalue weighted by Gasteiger charge is -2.12. The Kier molecular flexibility index (Phi) is 4.13. The van der Waals surface area contributed by atoms with Gasteiger partial charge in [-0.05, 0) is 13.8 Å². The van der Waals surface area contributed by atoms with E-state index in [1.165, 1.54) is 13.8 Å². The summed E-state index contributed by atoms with van der Waals surface area (Å²) in [5.41, 5.74) is -2.92. The third-order valence-corrected chi connectivity index (χ3v) is 2.13. The zero-order valence-electron chi connectivity index (χ0n) is 9.85. The molecule has 0 heterocycles. The highest BCUT2D eigenvalue weighted by atomic mass is 19.2. The molecule has 0 unspecified atom stereocenters. The summed E-state index contributed by atoms with van der Waals surface area (Å²) in [6, 6.07) is -0.537. The van der Waals surface area contributed by atoms with Gasteiger partial charge in [-0.25, -0.2) is 22.4 Å². The van der Waals surface area contributed by atoms with Gasteiger partial charge in [-0.15, -0.1) is 0 Å². The molecule has 1 rings (SSSR count). The van der Waals surface area contributed by atoms with Crippen molar-refractivity contribution >= 4 is 11.9 Å². The van der Waals surface area contributed by atoms with E-state index in [2.05, 4.69) is 5.32 Å². The van der Waals surface area contributed by atoms with Gasteiger partial charge in [0.15, 0.2) is 23.3 Å². The van der Waals surface area contributed by atoms with Crippen molar-refractivity contribution in [3.63, 3.8) is 0 Å². The monoisotopic (exact) mass is 279 g/mol. The van der Waals surface area contributed by atoms with Crippen molar-refractivity contribution in [2.24, 2.45) is 0 Å². The molecule has 104 valence electrons. The van der Waals surface area contributed by atoms with Gasteiger partial charge in [-0.1, -0.05) is 0 Å². The van der Waals surface area contributed by atoms with E-state index in [1.807, 2.05) is 0 Å². The summed E-state index contributed by atoms with van der Waals surface area (Å²) in [6.07, 6.45) is 0. The Morgan fingerprint density at radius 2 is 1.37 bits per heavy atom. The lowest BCUT2D eigenvalue weighted by Crippen LogP contribution is -2.33. The van der Waals surface area contributed by atoms with Crippen LogP contribution in [0, 0.1) is 23.3 Å². The molecule has 1 amide bonds. The first-order valence-electron chi connectivity index (χ1n) is 5.08. The van der Waals surface area contributed by atoms with Crippen LogP contribution in [0.15, 0.2) is 0 Å². The Labute approximate surface area is 105 Å². The minimum atomic E-state index is -2.28. The summed E-state index contributed by atoms with van der Waals surface area (Å²) < 4.78 is 52.7. The Hall–Kier alpha value is -2.12. The van der Waals surface area contributed by atoms with E-state index >= 15 is 0 Å². The van der Waals surface area contributed by atoms with Crippen LogP contribution in [0.3, 0.4) is 0 Å². The van der Waals surface area contributed by atoms with E-state index in [1.54, 1.807) is 0 Å². The zero-order chi connectivity index (χ0) is 14.9. The maximum absolute atomic E-state index is 13.5. The number of rotatable bonds is 3. The molecule has 0 aromatic heterocycles. The quantitative estimate of drug-likeness (QED) is 0.505. The van der Waals surface area contributed by atoms with Crippen LogP contribution in [0.4, 0.5) is 17.6 Å². The first-order chi connectivity index (χ1) is 8.68. The molecule has 0 saturated heterocycles. The molecule has 19 heavy (non-hydrogen) atoms. The second-order valence-corrected chi connectivity index (χ2v) is 3.94. The van der Waals surface area contributed by atoms with Crippen LogP contribution in [0.25, 0.3) is 0 Å². The smallest absolute Gasteiger partial charge is 0.339 e. The first-order valence-corrected chi connectivity index (χ1v) is 5.08. The van der Waals surface area contributed by atoms with E-state index in [-0.39, 0.29) is 0 Å². The topological polar surface area (TPSA) is 66.4 Å². The Bertz CT molecular complexity index is 558. The van der Waals surface area contributed by atoms with Gasteiger partial charge >= 0.3 is 5.97 Å². The van der Waals surface area contributed by atoms with Gasteiger partial charge in [0.05, 0.1) is 5.56 Å². The first kappa shape index (κ1) is 14.9. The molecule has 0 aliphatic heterocycles. The largest absolute Gasteiger partial charge is 0.478 e. The Balaban J connectivity index is 3.61. The van der Waals surface area contributed by atoms with E-state index in [9.17, 15) is 27.2 Å². The van der Waals surface area contributed by atoms with Crippen LogP contribution < -0.4 is 5.32 Å². The predicted octanol–water partition coefficient (Wildman–Crippen LogP) is 2.08. The van der Waals surface area contributed by atoms with Crippen molar-refractivity contribution in [1.29, 1.82) is 0 Å². The number of carboxylic acids is 1. The number of nitrogens with one attached hydrogen (secondary N) is 1. The molecule has 8 heteroatoms. The average Bonchev–Trinajstić information content (AvgIpc) is 2.29. The van der Waals surface area contributed by atoms with Crippen LogP contribution in [-0.4, -0.2) is 23.0 Å². The van der Waals surface area contributed by atoms with Gasteiger partial charge in [0.1, 0.15) is 5.56 Å². The summed E-state index contributed by atoms with van der Waals surface area (Å²) >= 11 is 0. The fourth-order valence-electron chi connectivity index (χ4n) is 1.38. The van der Waals surface area contributed by atoms with Gasteiger partial charge in [0, 0.05) is 6.04 Å². The number of carbonyl (C=O) groups is 2. The van der Waals surface area contributed by atoms with Crippen LogP contribution in [0.1, 0.15) is 34.6 Å². The van der Waals surface area contributed by atoms with Crippen molar-refractivity contribution in [3.8, 4) is 0 Å². The molecular formula is C11H9F4NO3. The molecule has 1 aromatic rings. The van der Waals surface area contributed by atoms with Crippen LogP contribution in [0.5, 0.6) is 0 Å². The molecule has 0 atom stereocenters. The van der Waals surface area contributed by atoms with Gasteiger partial charge < -0.3 is 10.4 Å². The van der Waals surface area contributed by atoms with Crippen molar-refractivity contribution < 1.29 is 32.3 Å². The fourth-order valence-corrected chi connectivity index (χ4v) is 1.38. The lowest BCUT2D eigenvalue weighted by molar-refractivity contribution is 0.0682. The third kappa shape index (κ3) is 2.67. The SMILES string of the molecule is CC(C)NC(=O)c1c(F)c(F)c(F)c(F)c1C(=O)O. The van der Waals surface area contributed by atoms with Gasteiger partial charge in [0.2, 0.25) is 0 Å².